The van der Waals surface area contributed by atoms with Gasteiger partial charge in [0.15, 0.2) is 0 Å². The second kappa shape index (κ2) is 4.05. The molecule has 0 atom stereocenters. The van der Waals surface area contributed by atoms with Crippen LogP contribution in [-0.2, 0) is 34.7 Å². The van der Waals surface area contributed by atoms with E-state index in [-0.39, 0.29) is 34.7 Å². The van der Waals surface area contributed by atoms with Gasteiger partial charge in [0.25, 0.3) is 0 Å². The van der Waals surface area contributed by atoms with Crippen molar-refractivity contribution in [1.29, 1.82) is 0 Å². The molecule has 0 N–H and O–H groups in total. The van der Waals surface area contributed by atoms with Crippen molar-refractivity contribution in [2.75, 3.05) is 0 Å². The van der Waals surface area contributed by atoms with Crippen molar-refractivity contribution >= 4 is 0 Å². The van der Waals surface area contributed by atoms with E-state index in [0.29, 0.717) is 0 Å². The Hall–Kier alpha value is 1.06. The van der Waals surface area contributed by atoms with Crippen LogP contribution in [-0.4, -0.2) is 0 Å². The molecular formula is C7H11Cr2-. The van der Waals surface area contributed by atoms with Crippen molar-refractivity contribution in [3.63, 3.8) is 0 Å². The minimum absolute atomic E-state index is 0. The van der Waals surface area contributed by atoms with Gasteiger partial charge in [-0.2, -0.15) is 19.3 Å². The third kappa shape index (κ3) is 1.99. The summed E-state index contributed by atoms with van der Waals surface area (Å²) in [5, 5.41) is 0. The summed E-state index contributed by atoms with van der Waals surface area (Å²) < 4.78 is 0. The molecule has 2 aliphatic carbocycles. The zero-order chi connectivity index (χ0) is 4.69. The standard InChI is InChI=1S/C7H11.2Cr/c1-2-7-4-3-6(1)5-7;;/h6H,1-5H2;;/q-1;;. The Balaban J connectivity index is 0.000000320. The number of hydrogen-bond acceptors (Lipinski definition) is 0. The van der Waals surface area contributed by atoms with Gasteiger partial charge in [-0.25, -0.2) is 0 Å². The maximum atomic E-state index is 1.87. The van der Waals surface area contributed by atoms with Gasteiger partial charge in [-0.15, -0.1) is 0 Å². The van der Waals surface area contributed by atoms with E-state index < -0.39 is 0 Å². The Kier molecular flexibility index (Phi) is 4.53. The van der Waals surface area contributed by atoms with Gasteiger partial charge < -0.3 is 5.92 Å². The van der Waals surface area contributed by atoms with Crippen LogP contribution in [0, 0.1) is 11.8 Å². The van der Waals surface area contributed by atoms with E-state index in [1.807, 2.05) is 5.92 Å². The van der Waals surface area contributed by atoms with E-state index in [1.165, 1.54) is 32.1 Å². The van der Waals surface area contributed by atoms with Crippen molar-refractivity contribution < 1.29 is 34.7 Å². The van der Waals surface area contributed by atoms with E-state index in [1.54, 1.807) is 0 Å². The quantitative estimate of drug-likeness (QED) is 0.524. The minimum Gasteiger partial charge on any atom is -0.313 e. The Morgan fingerprint density at radius 1 is 1.00 bits per heavy atom. The van der Waals surface area contributed by atoms with Crippen LogP contribution in [0.3, 0.4) is 0 Å². The van der Waals surface area contributed by atoms with Crippen LogP contribution in [0.2, 0.25) is 0 Å². The maximum Gasteiger partial charge on any atom is 0 e. The van der Waals surface area contributed by atoms with Crippen molar-refractivity contribution in [3.8, 4) is 0 Å². The monoisotopic (exact) mass is 199 g/mol. The molecule has 9 heavy (non-hydrogen) atoms. The van der Waals surface area contributed by atoms with Gasteiger partial charge >= 0.3 is 0 Å². The van der Waals surface area contributed by atoms with Crippen LogP contribution in [0.25, 0.3) is 0 Å². The first-order valence-electron chi connectivity index (χ1n) is 3.29. The first-order valence-corrected chi connectivity index (χ1v) is 3.29. The summed E-state index contributed by atoms with van der Waals surface area (Å²) in [6.45, 7) is 0. The fourth-order valence-corrected chi connectivity index (χ4v) is 1.90. The third-order valence-corrected chi connectivity index (χ3v) is 2.39. The van der Waals surface area contributed by atoms with Gasteiger partial charge in [-0.3, -0.25) is 0 Å². The van der Waals surface area contributed by atoms with Crippen LogP contribution in [0.5, 0.6) is 0 Å². The molecule has 0 aromatic rings. The summed E-state index contributed by atoms with van der Waals surface area (Å²) in [6, 6.07) is 0. The molecule has 2 bridgehead atoms. The van der Waals surface area contributed by atoms with Crippen LogP contribution < -0.4 is 0 Å². The molecule has 2 rings (SSSR count). The molecule has 0 aliphatic heterocycles. The molecular weight excluding hydrogens is 188 g/mol. The zero-order valence-corrected chi connectivity index (χ0v) is 7.98. The molecule has 0 spiro atoms. The van der Waals surface area contributed by atoms with Gasteiger partial charge in [-0.1, -0.05) is 18.8 Å². The van der Waals surface area contributed by atoms with Crippen molar-refractivity contribution in [2.24, 2.45) is 5.92 Å². The molecule has 2 heteroatoms. The van der Waals surface area contributed by atoms with Crippen molar-refractivity contribution in [2.45, 2.75) is 32.1 Å². The number of rotatable bonds is 0. The predicted octanol–water partition coefficient (Wildman–Crippen LogP) is 2.15. The van der Waals surface area contributed by atoms with Crippen molar-refractivity contribution in [1.82, 2.24) is 0 Å². The Labute approximate surface area is 78.7 Å². The molecule has 2 aliphatic rings. The predicted molar refractivity (Wildman–Crippen MR) is 29.8 cm³/mol. The molecule has 0 saturated heterocycles. The SMILES string of the molecule is C1CC2CC[C-]1C2.[Cr].[Cr]. The Morgan fingerprint density at radius 2 is 1.56 bits per heavy atom. The van der Waals surface area contributed by atoms with Gasteiger partial charge in [0.2, 0.25) is 0 Å². The molecule has 2 fully saturated rings. The summed E-state index contributed by atoms with van der Waals surface area (Å²) in [5.41, 5.74) is 0. The molecule has 0 unspecified atom stereocenters. The maximum absolute atomic E-state index is 1.87. The molecule has 0 nitrogen and oxygen atoms in total. The fourth-order valence-electron chi connectivity index (χ4n) is 1.90. The molecule has 0 aromatic carbocycles. The summed E-state index contributed by atoms with van der Waals surface area (Å²) in [6.07, 6.45) is 7.50. The molecule has 52 valence electrons. The largest absolute Gasteiger partial charge is 0.313 e. The first kappa shape index (κ1) is 10.1. The average molecular weight is 199 g/mol. The molecule has 0 heterocycles. The second-order valence-electron chi connectivity index (χ2n) is 2.90. The van der Waals surface area contributed by atoms with E-state index in [2.05, 4.69) is 0 Å². The van der Waals surface area contributed by atoms with E-state index >= 15 is 0 Å². The number of fused-ring (bicyclic) bond motifs is 2. The van der Waals surface area contributed by atoms with Crippen LogP contribution >= 0.6 is 0 Å². The summed E-state index contributed by atoms with van der Waals surface area (Å²) in [7, 11) is 0. The van der Waals surface area contributed by atoms with Gasteiger partial charge in [0.1, 0.15) is 0 Å². The fraction of sp³-hybridized carbons (Fsp3) is 0.857. The summed E-state index contributed by atoms with van der Waals surface area (Å²) in [5.74, 6) is 3.00. The smallest absolute Gasteiger partial charge is 0 e. The van der Waals surface area contributed by atoms with Gasteiger partial charge in [-0.05, 0) is 0 Å². The Morgan fingerprint density at radius 3 is 1.67 bits per heavy atom. The topological polar surface area (TPSA) is 0 Å². The normalized spacial score (nSPS) is 25.3. The van der Waals surface area contributed by atoms with Crippen LogP contribution in [0.15, 0.2) is 0 Å². The molecule has 0 amide bonds. The van der Waals surface area contributed by atoms with Crippen LogP contribution in [0.4, 0.5) is 0 Å². The third-order valence-electron chi connectivity index (χ3n) is 2.39. The van der Waals surface area contributed by atoms with Crippen LogP contribution in [0.1, 0.15) is 32.1 Å². The summed E-state index contributed by atoms with van der Waals surface area (Å²) in [4.78, 5) is 0. The zero-order valence-electron chi connectivity index (χ0n) is 5.43. The van der Waals surface area contributed by atoms with Gasteiger partial charge in [0, 0.05) is 34.7 Å². The first-order chi connectivity index (χ1) is 3.45. The molecule has 0 radical (unpaired) electrons. The molecule has 0 aromatic heterocycles. The Bertz CT molecular complexity index is 65.0. The van der Waals surface area contributed by atoms with Gasteiger partial charge in [0.05, 0.1) is 0 Å². The van der Waals surface area contributed by atoms with E-state index in [4.69, 9.17) is 0 Å². The van der Waals surface area contributed by atoms with Crippen molar-refractivity contribution in [3.05, 3.63) is 5.92 Å². The second-order valence-corrected chi connectivity index (χ2v) is 2.90. The number of hydrogen-bond donors (Lipinski definition) is 0. The molecule has 2 saturated carbocycles. The van der Waals surface area contributed by atoms with E-state index in [9.17, 15) is 0 Å². The average Bonchev–Trinajstić information content (AvgIpc) is 2.22. The minimum atomic E-state index is 0. The van der Waals surface area contributed by atoms with E-state index in [0.717, 1.165) is 5.92 Å². The summed E-state index contributed by atoms with van der Waals surface area (Å²) >= 11 is 0.